The maximum atomic E-state index is 13.0. The number of benzene rings is 1. The van der Waals surface area contributed by atoms with E-state index >= 15 is 0 Å². The zero-order valence-corrected chi connectivity index (χ0v) is 20.7. The van der Waals surface area contributed by atoms with Crippen molar-refractivity contribution < 1.29 is 17.9 Å². The Balaban J connectivity index is 1.35. The molecule has 9 heteroatoms. The van der Waals surface area contributed by atoms with Crippen molar-refractivity contribution in [2.45, 2.75) is 42.4 Å². The summed E-state index contributed by atoms with van der Waals surface area (Å²) in [6.45, 7) is 3.38. The molecule has 180 valence electrons. The van der Waals surface area contributed by atoms with E-state index in [1.54, 1.807) is 24.6 Å². The monoisotopic (exact) mass is 491 g/mol. The van der Waals surface area contributed by atoms with E-state index in [4.69, 9.17) is 4.74 Å². The van der Waals surface area contributed by atoms with Crippen LogP contribution in [0.4, 0.5) is 0 Å². The minimum absolute atomic E-state index is 0.0266. The van der Waals surface area contributed by atoms with Gasteiger partial charge in [0.25, 0.3) is 10.0 Å². The topological polar surface area (TPSA) is 79.0 Å². The highest BCUT2D eigenvalue weighted by atomic mass is 32.2. The second-order valence-electron chi connectivity index (χ2n) is 8.74. The number of nitrogens with zero attached hydrogens (tertiary/aromatic N) is 2. The van der Waals surface area contributed by atoms with Crippen molar-refractivity contribution in [3.8, 4) is 5.75 Å². The van der Waals surface area contributed by atoms with Crippen molar-refractivity contribution in [3.63, 3.8) is 0 Å². The van der Waals surface area contributed by atoms with Gasteiger partial charge >= 0.3 is 0 Å². The second kappa shape index (κ2) is 11.0. The Morgan fingerprint density at radius 2 is 1.79 bits per heavy atom. The van der Waals surface area contributed by atoms with Gasteiger partial charge in [0.05, 0.1) is 13.2 Å². The molecule has 2 aromatic rings. The SMILES string of the molecule is COc1ccc(C(CNC(=O)C2CCN(S(=O)(=O)c3cccs3)CC2)N2CCCCC2)cc1. The molecule has 0 spiro atoms. The van der Waals surface area contributed by atoms with Crippen molar-refractivity contribution >= 4 is 27.3 Å². The second-order valence-corrected chi connectivity index (χ2v) is 11.9. The number of likely N-dealkylation sites (tertiary alicyclic amines) is 1. The summed E-state index contributed by atoms with van der Waals surface area (Å²) in [5.41, 5.74) is 1.18. The minimum atomic E-state index is -3.45. The number of sulfonamides is 1. The summed E-state index contributed by atoms with van der Waals surface area (Å²) in [5, 5.41) is 4.95. The normalized spacial score (nSPS) is 19.8. The first kappa shape index (κ1) is 24.2. The Hall–Kier alpha value is -1.94. The van der Waals surface area contributed by atoms with Crippen LogP contribution in [0.5, 0.6) is 5.75 Å². The van der Waals surface area contributed by atoms with E-state index in [0.29, 0.717) is 36.7 Å². The van der Waals surface area contributed by atoms with E-state index in [-0.39, 0.29) is 17.9 Å². The van der Waals surface area contributed by atoms with Crippen LogP contribution in [0.15, 0.2) is 46.0 Å². The van der Waals surface area contributed by atoms with Gasteiger partial charge < -0.3 is 10.1 Å². The first-order chi connectivity index (χ1) is 16.0. The van der Waals surface area contributed by atoms with Crippen LogP contribution in [0, 0.1) is 5.92 Å². The number of piperidine rings is 2. The van der Waals surface area contributed by atoms with Gasteiger partial charge in [-0.2, -0.15) is 4.31 Å². The van der Waals surface area contributed by atoms with Crippen LogP contribution >= 0.6 is 11.3 Å². The van der Waals surface area contributed by atoms with Gasteiger partial charge in [-0.15, -0.1) is 11.3 Å². The number of hydrogen-bond acceptors (Lipinski definition) is 6. The summed E-state index contributed by atoms with van der Waals surface area (Å²) in [6, 6.07) is 11.6. The van der Waals surface area contributed by atoms with E-state index < -0.39 is 10.0 Å². The van der Waals surface area contributed by atoms with Crippen LogP contribution in [0.1, 0.15) is 43.7 Å². The minimum Gasteiger partial charge on any atom is -0.497 e. The Morgan fingerprint density at radius 1 is 1.09 bits per heavy atom. The van der Waals surface area contributed by atoms with E-state index in [0.717, 1.165) is 18.8 Å². The third-order valence-corrected chi connectivity index (χ3v) is 9.99. The number of amides is 1. The van der Waals surface area contributed by atoms with Crippen LogP contribution < -0.4 is 10.1 Å². The molecule has 2 aliphatic rings. The summed E-state index contributed by atoms with van der Waals surface area (Å²) < 4.78 is 32.7. The predicted molar refractivity (Wildman–Crippen MR) is 130 cm³/mol. The van der Waals surface area contributed by atoms with Crippen molar-refractivity contribution in [3.05, 3.63) is 47.3 Å². The number of carbonyl (C=O) groups excluding carboxylic acids is 1. The summed E-state index contributed by atoms with van der Waals surface area (Å²) in [6.07, 6.45) is 4.71. The molecular formula is C24H33N3O4S2. The molecule has 1 unspecified atom stereocenters. The number of ether oxygens (including phenoxy) is 1. The predicted octanol–water partition coefficient (Wildman–Crippen LogP) is 3.50. The van der Waals surface area contributed by atoms with Crippen LogP contribution in [-0.4, -0.2) is 63.4 Å². The van der Waals surface area contributed by atoms with Crippen molar-refractivity contribution in [2.24, 2.45) is 5.92 Å². The molecule has 0 aliphatic carbocycles. The lowest BCUT2D eigenvalue weighted by Gasteiger charge is -2.36. The molecule has 2 fully saturated rings. The van der Waals surface area contributed by atoms with Gasteiger partial charge in [0, 0.05) is 25.6 Å². The van der Waals surface area contributed by atoms with Crippen LogP contribution in [0.25, 0.3) is 0 Å². The number of thiophene rings is 1. The molecule has 1 aromatic carbocycles. The van der Waals surface area contributed by atoms with Gasteiger partial charge in [-0.1, -0.05) is 24.6 Å². The smallest absolute Gasteiger partial charge is 0.252 e. The number of rotatable bonds is 8. The summed E-state index contributed by atoms with van der Waals surface area (Å²) >= 11 is 1.23. The third kappa shape index (κ3) is 5.77. The van der Waals surface area contributed by atoms with Crippen molar-refractivity contribution in [2.75, 3.05) is 39.8 Å². The van der Waals surface area contributed by atoms with Gasteiger partial charge in [-0.3, -0.25) is 9.69 Å². The quantitative estimate of drug-likeness (QED) is 0.612. The van der Waals surface area contributed by atoms with Crippen molar-refractivity contribution in [1.82, 2.24) is 14.5 Å². The molecule has 1 amide bonds. The number of methoxy groups -OCH3 is 1. The molecule has 3 heterocycles. The van der Waals surface area contributed by atoms with Crippen LogP contribution in [-0.2, 0) is 14.8 Å². The Kier molecular flexibility index (Phi) is 8.06. The van der Waals surface area contributed by atoms with E-state index in [1.807, 2.05) is 12.1 Å². The fourth-order valence-corrected chi connectivity index (χ4v) is 7.37. The lowest BCUT2D eigenvalue weighted by Crippen LogP contribution is -2.45. The highest BCUT2D eigenvalue weighted by Gasteiger charge is 2.33. The Labute approximate surface area is 200 Å². The summed E-state index contributed by atoms with van der Waals surface area (Å²) in [5.74, 6) is 0.695. The molecule has 0 saturated carbocycles. The molecule has 1 atom stereocenters. The maximum Gasteiger partial charge on any atom is 0.252 e. The standard InChI is InChI=1S/C24H33N3O4S2/c1-31-21-9-7-19(8-10-21)22(26-13-3-2-4-14-26)18-25-24(28)20-11-15-27(16-12-20)33(29,30)23-6-5-17-32-23/h5-10,17,20,22H,2-4,11-16,18H2,1H3,(H,25,28). The average molecular weight is 492 g/mol. The largest absolute Gasteiger partial charge is 0.497 e. The summed E-state index contributed by atoms with van der Waals surface area (Å²) in [4.78, 5) is 15.4. The average Bonchev–Trinajstić information content (AvgIpc) is 3.41. The number of carbonyl (C=O) groups is 1. The van der Waals surface area contributed by atoms with Gasteiger partial charge in [-0.25, -0.2) is 8.42 Å². The number of hydrogen-bond donors (Lipinski definition) is 1. The number of nitrogens with one attached hydrogen (secondary N) is 1. The molecule has 1 N–H and O–H groups in total. The van der Waals surface area contributed by atoms with Gasteiger partial charge in [-0.05, 0) is 67.9 Å². The fraction of sp³-hybridized carbons (Fsp3) is 0.542. The Bertz CT molecular complexity index is 995. The lowest BCUT2D eigenvalue weighted by atomic mass is 9.96. The fourth-order valence-electron chi connectivity index (χ4n) is 4.75. The van der Waals surface area contributed by atoms with Gasteiger partial charge in [0.2, 0.25) is 5.91 Å². The maximum absolute atomic E-state index is 13.0. The van der Waals surface area contributed by atoms with Crippen LogP contribution in [0.3, 0.4) is 0 Å². The Morgan fingerprint density at radius 3 is 2.39 bits per heavy atom. The van der Waals surface area contributed by atoms with Crippen molar-refractivity contribution in [1.29, 1.82) is 0 Å². The zero-order chi connectivity index (χ0) is 23.3. The van der Waals surface area contributed by atoms with E-state index in [9.17, 15) is 13.2 Å². The molecule has 0 radical (unpaired) electrons. The molecule has 1 aromatic heterocycles. The summed E-state index contributed by atoms with van der Waals surface area (Å²) in [7, 11) is -1.79. The first-order valence-corrected chi connectivity index (χ1v) is 14.0. The zero-order valence-electron chi connectivity index (χ0n) is 19.1. The third-order valence-electron chi connectivity index (χ3n) is 6.72. The molecule has 33 heavy (non-hydrogen) atoms. The lowest BCUT2D eigenvalue weighted by molar-refractivity contribution is -0.126. The highest BCUT2D eigenvalue weighted by Crippen LogP contribution is 2.28. The molecule has 4 rings (SSSR count). The highest BCUT2D eigenvalue weighted by molar-refractivity contribution is 7.91. The first-order valence-electron chi connectivity index (χ1n) is 11.7. The molecular weight excluding hydrogens is 458 g/mol. The van der Waals surface area contributed by atoms with E-state index in [1.165, 1.54) is 40.5 Å². The van der Waals surface area contributed by atoms with E-state index in [2.05, 4.69) is 22.3 Å². The molecule has 2 saturated heterocycles. The van der Waals surface area contributed by atoms with Crippen LogP contribution in [0.2, 0.25) is 0 Å². The van der Waals surface area contributed by atoms with Gasteiger partial charge in [0.1, 0.15) is 9.96 Å². The molecule has 2 aliphatic heterocycles. The molecule has 7 nitrogen and oxygen atoms in total. The molecule has 0 bridgehead atoms. The van der Waals surface area contributed by atoms with Gasteiger partial charge in [0.15, 0.2) is 0 Å².